The van der Waals surface area contributed by atoms with Crippen LogP contribution in [0, 0.1) is 5.92 Å². The van der Waals surface area contributed by atoms with Crippen molar-refractivity contribution in [3.05, 3.63) is 58.4 Å². The molecule has 0 amide bonds. The van der Waals surface area contributed by atoms with Gasteiger partial charge in [-0.2, -0.15) is 0 Å². The van der Waals surface area contributed by atoms with Crippen LogP contribution in [0.1, 0.15) is 56.3 Å². The highest BCUT2D eigenvalue weighted by molar-refractivity contribution is 8.37. The van der Waals surface area contributed by atoms with Gasteiger partial charge in [0.25, 0.3) is 0 Å². The Bertz CT molecular complexity index is 542. The van der Waals surface area contributed by atoms with E-state index in [-0.39, 0.29) is 0 Å². The molecule has 0 aromatic heterocycles. The summed E-state index contributed by atoms with van der Waals surface area (Å²) in [6.45, 7) is 2.32. The quantitative estimate of drug-likeness (QED) is 0.695. The zero-order chi connectivity index (χ0) is 15.4. The van der Waals surface area contributed by atoms with Gasteiger partial charge in [0, 0.05) is 5.25 Å². The van der Waals surface area contributed by atoms with Gasteiger partial charge in [-0.3, -0.25) is 4.72 Å². The first-order chi connectivity index (χ1) is 10.8. The zero-order valence-corrected chi connectivity index (χ0v) is 14.7. The molecule has 0 bridgehead atoms. The summed E-state index contributed by atoms with van der Waals surface area (Å²) in [4.78, 5) is 0. The number of allylic oxidation sites excluding steroid dienone is 2. The molecule has 120 valence electrons. The topological polar surface area (TPSA) is 12.0 Å². The summed E-state index contributed by atoms with van der Waals surface area (Å²) >= 11 is 0. The second kappa shape index (κ2) is 7.06. The number of hydrogen-bond donors (Lipinski definition) is 1. The van der Waals surface area contributed by atoms with E-state index in [2.05, 4.69) is 65.9 Å². The van der Waals surface area contributed by atoms with Crippen LogP contribution in [0.2, 0.25) is 0 Å². The van der Waals surface area contributed by atoms with Crippen molar-refractivity contribution in [3.8, 4) is 0 Å². The fraction of sp³-hybridized carbons (Fsp3) is 0.500. The van der Waals surface area contributed by atoms with Crippen molar-refractivity contribution >= 4 is 10.2 Å². The predicted octanol–water partition coefficient (Wildman–Crippen LogP) is 6.07. The van der Waals surface area contributed by atoms with Gasteiger partial charge in [0.1, 0.15) is 0 Å². The fourth-order valence-corrected chi connectivity index (χ4v) is 7.25. The molecule has 2 atom stereocenters. The molecule has 1 aliphatic carbocycles. The minimum Gasteiger partial charge on any atom is -0.277 e. The van der Waals surface area contributed by atoms with Crippen molar-refractivity contribution in [1.82, 2.24) is 4.72 Å². The monoisotopic (exact) mass is 315 g/mol. The lowest BCUT2D eigenvalue weighted by molar-refractivity contribution is 0.409. The first kappa shape index (κ1) is 15.9. The van der Waals surface area contributed by atoms with Crippen LogP contribution in [-0.4, -0.2) is 7.05 Å². The van der Waals surface area contributed by atoms with E-state index in [1.807, 2.05) is 0 Å². The third-order valence-corrected chi connectivity index (χ3v) is 8.76. The predicted molar refractivity (Wildman–Crippen MR) is 99.9 cm³/mol. The Morgan fingerprint density at radius 3 is 2.50 bits per heavy atom. The maximum atomic E-state index is 3.72. The molecule has 2 heteroatoms. The highest BCUT2D eigenvalue weighted by atomic mass is 32.3. The van der Waals surface area contributed by atoms with Crippen molar-refractivity contribution in [2.75, 3.05) is 7.05 Å². The largest absolute Gasteiger partial charge is 0.277 e. The van der Waals surface area contributed by atoms with Gasteiger partial charge in [-0.1, -0.05) is 62.6 Å². The zero-order valence-electron chi connectivity index (χ0n) is 13.9. The Kier molecular flexibility index (Phi) is 5.10. The second-order valence-corrected chi connectivity index (χ2v) is 9.54. The molecule has 1 heterocycles. The van der Waals surface area contributed by atoms with Crippen LogP contribution in [-0.2, 0) is 0 Å². The Labute approximate surface area is 137 Å². The molecule has 1 fully saturated rings. The summed E-state index contributed by atoms with van der Waals surface area (Å²) in [7, 11) is 1.11. The van der Waals surface area contributed by atoms with Gasteiger partial charge in [0.15, 0.2) is 0 Å². The number of hydrogen-bond acceptors (Lipinski definition) is 1. The van der Waals surface area contributed by atoms with Crippen LogP contribution in [0.15, 0.2) is 52.8 Å². The van der Waals surface area contributed by atoms with Crippen molar-refractivity contribution < 1.29 is 0 Å². The van der Waals surface area contributed by atoms with Gasteiger partial charge in [-0.15, -0.1) is 10.2 Å². The molecule has 3 rings (SSSR count). The molecule has 1 N–H and O–H groups in total. The smallest absolute Gasteiger partial charge is 0.0323 e. The first-order valence-electron chi connectivity index (χ1n) is 8.74. The minimum absolute atomic E-state index is 0.580. The van der Waals surface area contributed by atoms with Crippen LogP contribution < -0.4 is 4.72 Å². The Balaban J connectivity index is 1.89. The summed E-state index contributed by atoms with van der Waals surface area (Å²) in [6.07, 6.45) is 10.6. The summed E-state index contributed by atoms with van der Waals surface area (Å²) in [5.74, 6) is 0.806. The summed E-state index contributed by atoms with van der Waals surface area (Å²) in [5.41, 5.74) is 3.08. The number of nitrogens with one attached hydrogen (secondary N) is 1. The minimum atomic E-state index is -1.03. The molecule has 22 heavy (non-hydrogen) atoms. The number of benzene rings is 1. The van der Waals surface area contributed by atoms with Gasteiger partial charge in [0.05, 0.1) is 0 Å². The Hall–Kier alpha value is -0.990. The van der Waals surface area contributed by atoms with Crippen LogP contribution in [0.3, 0.4) is 0 Å². The van der Waals surface area contributed by atoms with Gasteiger partial charge in [0.2, 0.25) is 0 Å². The normalized spacial score (nSPS) is 29.8. The average Bonchev–Trinajstić information content (AvgIpc) is 3.03. The SMILES string of the molecule is CCC(c1ccccc1)S1(NC)C=CC(C2CCCCC2)=C1. The highest BCUT2D eigenvalue weighted by Crippen LogP contribution is 2.64. The standard InChI is InChI=1S/C20H29NS/c1-3-20(18-12-8-5-9-13-18)22(21-2)15-14-19(16-22)17-10-6-4-7-11-17/h5,8-9,12-17,20-21H,3-4,6-7,10-11H2,1-2H3. The third-order valence-electron chi connectivity index (χ3n) is 5.26. The third kappa shape index (κ3) is 3.04. The van der Waals surface area contributed by atoms with E-state index in [0.717, 1.165) is 5.92 Å². The Morgan fingerprint density at radius 2 is 1.86 bits per heavy atom. The van der Waals surface area contributed by atoms with E-state index in [1.54, 1.807) is 5.57 Å². The van der Waals surface area contributed by atoms with Crippen LogP contribution in [0.25, 0.3) is 0 Å². The maximum Gasteiger partial charge on any atom is 0.0323 e. The van der Waals surface area contributed by atoms with Gasteiger partial charge >= 0.3 is 0 Å². The van der Waals surface area contributed by atoms with Crippen LogP contribution in [0.4, 0.5) is 0 Å². The van der Waals surface area contributed by atoms with Crippen molar-refractivity contribution in [1.29, 1.82) is 0 Å². The molecule has 0 spiro atoms. The molecular formula is C20H29NS. The van der Waals surface area contributed by atoms with E-state index in [4.69, 9.17) is 0 Å². The lowest BCUT2D eigenvalue weighted by Crippen LogP contribution is -2.18. The highest BCUT2D eigenvalue weighted by Gasteiger charge is 2.33. The summed E-state index contributed by atoms with van der Waals surface area (Å²) < 4.78 is 3.72. The first-order valence-corrected chi connectivity index (χ1v) is 10.6. The average molecular weight is 316 g/mol. The summed E-state index contributed by atoms with van der Waals surface area (Å²) in [5, 5.41) is 5.69. The van der Waals surface area contributed by atoms with Gasteiger partial charge < -0.3 is 0 Å². The van der Waals surface area contributed by atoms with Crippen LogP contribution in [0.5, 0.6) is 0 Å². The fourth-order valence-electron chi connectivity index (χ4n) is 4.01. The lowest BCUT2D eigenvalue weighted by Gasteiger charge is -2.40. The van der Waals surface area contributed by atoms with E-state index >= 15 is 0 Å². The molecule has 2 unspecified atom stereocenters. The summed E-state index contributed by atoms with van der Waals surface area (Å²) in [6, 6.07) is 11.0. The van der Waals surface area contributed by atoms with E-state index in [0.29, 0.717) is 5.25 Å². The van der Waals surface area contributed by atoms with E-state index < -0.39 is 10.2 Å². The van der Waals surface area contributed by atoms with Gasteiger partial charge in [-0.05, 0) is 54.2 Å². The van der Waals surface area contributed by atoms with Crippen molar-refractivity contribution in [2.45, 2.75) is 50.7 Å². The van der Waals surface area contributed by atoms with E-state index in [9.17, 15) is 0 Å². The van der Waals surface area contributed by atoms with Crippen molar-refractivity contribution in [2.24, 2.45) is 5.92 Å². The number of rotatable bonds is 5. The lowest BCUT2D eigenvalue weighted by atomic mass is 9.84. The molecule has 0 radical (unpaired) electrons. The molecular weight excluding hydrogens is 286 g/mol. The van der Waals surface area contributed by atoms with Crippen molar-refractivity contribution in [3.63, 3.8) is 0 Å². The molecule has 1 aromatic rings. The maximum absolute atomic E-state index is 3.72. The molecule has 1 aliphatic heterocycles. The van der Waals surface area contributed by atoms with Gasteiger partial charge in [-0.25, -0.2) is 0 Å². The molecule has 0 saturated heterocycles. The molecule has 1 saturated carbocycles. The molecule has 1 aromatic carbocycles. The second-order valence-electron chi connectivity index (χ2n) is 6.53. The molecule has 1 nitrogen and oxygen atoms in total. The molecule has 2 aliphatic rings. The van der Waals surface area contributed by atoms with E-state index in [1.165, 1.54) is 44.1 Å². The Morgan fingerprint density at radius 1 is 1.14 bits per heavy atom. The van der Waals surface area contributed by atoms with Crippen LogP contribution >= 0.6 is 10.2 Å².